The van der Waals surface area contributed by atoms with Crippen LogP contribution in [-0.4, -0.2) is 42.3 Å². The highest BCUT2D eigenvalue weighted by atomic mass is 32.1. The molecule has 0 atom stereocenters. The fourth-order valence-electron chi connectivity index (χ4n) is 2.60. The monoisotopic (exact) mass is 368 g/mol. The van der Waals surface area contributed by atoms with E-state index in [9.17, 15) is 9.59 Å². The number of ether oxygens (including phenoxy) is 2. The molecular formula is C18H28N2O4S. The highest BCUT2D eigenvalue weighted by molar-refractivity contribution is 7.12. The van der Waals surface area contributed by atoms with Crippen molar-refractivity contribution in [2.75, 3.05) is 19.7 Å². The Kier molecular flexibility index (Phi) is 6.84. The van der Waals surface area contributed by atoms with E-state index in [0.717, 1.165) is 13.0 Å². The molecule has 1 aromatic heterocycles. The van der Waals surface area contributed by atoms with Gasteiger partial charge in [0, 0.05) is 29.4 Å². The van der Waals surface area contributed by atoms with Gasteiger partial charge in [-0.3, -0.25) is 4.79 Å². The number of fused-ring (bicyclic) bond motifs is 1. The number of nitrogens with one attached hydrogen (secondary N) is 1. The zero-order valence-electron chi connectivity index (χ0n) is 15.5. The number of thiophene rings is 1. The van der Waals surface area contributed by atoms with Crippen LogP contribution in [-0.2, 0) is 33.8 Å². The van der Waals surface area contributed by atoms with E-state index >= 15 is 0 Å². The summed E-state index contributed by atoms with van der Waals surface area (Å²) in [5.41, 5.74) is 0.726. The van der Waals surface area contributed by atoms with Crippen molar-refractivity contribution in [3.8, 4) is 0 Å². The lowest BCUT2D eigenvalue weighted by Gasteiger charge is -2.29. The van der Waals surface area contributed by atoms with Crippen LogP contribution in [0.3, 0.4) is 0 Å². The standard InChI is InChI=1S/C18H28N2O4S/c1-5-23-16(21)6-8-19-11-14-10-13-12-20(9-7-15(13)25-14)17(22)24-18(2,3)4/h10,19H,5-9,11-12H2,1-4H3. The predicted molar refractivity (Wildman–Crippen MR) is 97.6 cm³/mol. The normalized spacial score (nSPS) is 14.2. The van der Waals surface area contributed by atoms with Gasteiger partial charge in [-0.1, -0.05) is 0 Å². The van der Waals surface area contributed by atoms with Gasteiger partial charge in [0.2, 0.25) is 0 Å². The second kappa shape index (κ2) is 8.67. The van der Waals surface area contributed by atoms with Crippen LogP contribution in [0.2, 0.25) is 0 Å². The minimum Gasteiger partial charge on any atom is -0.466 e. The molecule has 0 radical (unpaired) electrons. The molecule has 0 unspecified atom stereocenters. The number of hydrogen-bond acceptors (Lipinski definition) is 6. The Morgan fingerprint density at radius 3 is 2.80 bits per heavy atom. The van der Waals surface area contributed by atoms with Crippen LogP contribution in [0.5, 0.6) is 0 Å². The lowest BCUT2D eigenvalue weighted by molar-refractivity contribution is -0.142. The summed E-state index contributed by atoms with van der Waals surface area (Å²) >= 11 is 1.77. The van der Waals surface area contributed by atoms with E-state index in [2.05, 4.69) is 11.4 Å². The zero-order valence-corrected chi connectivity index (χ0v) is 16.3. The lowest BCUT2D eigenvalue weighted by Crippen LogP contribution is -2.39. The van der Waals surface area contributed by atoms with Gasteiger partial charge in [0.1, 0.15) is 5.60 Å². The maximum absolute atomic E-state index is 12.2. The summed E-state index contributed by atoms with van der Waals surface area (Å²) in [6.45, 7) is 10.5. The van der Waals surface area contributed by atoms with Gasteiger partial charge in [0.05, 0.1) is 19.6 Å². The van der Waals surface area contributed by atoms with Crippen LogP contribution in [0, 0.1) is 0 Å². The van der Waals surface area contributed by atoms with Crippen molar-refractivity contribution in [3.05, 3.63) is 21.4 Å². The van der Waals surface area contributed by atoms with Crippen LogP contribution in [0.4, 0.5) is 4.79 Å². The molecule has 0 saturated carbocycles. The van der Waals surface area contributed by atoms with Crippen molar-refractivity contribution in [3.63, 3.8) is 0 Å². The Balaban J connectivity index is 1.82. The molecule has 7 heteroatoms. The van der Waals surface area contributed by atoms with Crippen LogP contribution >= 0.6 is 11.3 Å². The number of carbonyl (C=O) groups is 2. The Labute approximate surface area is 153 Å². The average molecular weight is 368 g/mol. The van der Waals surface area contributed by atoms with Gasteiger partial charge in [-0.15, -0.1) is 11.3 Å². The zero-order chi connectivity index (χ0) is 18.4. The molecule has 1 aromatic rings. The predicted octanol–water partition coefficient (Wildman–Crippen LogP) is 3.08. The Morgan fingerprint density at radius 1 is 1.36 bits per heavy atom. The molecule has 2 rings (SSSR count). The quantitative estimate of drug-likeness (QED) is 0.617. The number of amides is 1. The number of esters is 1. The highest BCUT2D eigenvalue weighted by Crippen LogP contribution is 2.29. The van der Waals surface area contributed by atoms with E-state index in [4.69, 9.17) is 9.47 Å². The molecule has 1 N–H and O–H groups in total. The SMILES string of the molecule is CCOC(=O)CCNCc1cc2c(s1)CCN(C(=O)OC(C)(C)C)C2. The van der Waals surface area contributed by atoms with E-state index in [0.29, 0.717) is 32.7 Å². The topological polar surface area (TPSA) is 67.9 Å². The van der Waals surface area contributed by atoms with Crippen molar-refractivity contribution >= 4 is 23.4 Å². The summed E-state index contributed by atoms with van der Waals surface area (Å²) in [4.78, 5) is 27.8. The molecule has 140 valence electrons. The largest absolute Gasteiger partial charge is 0.466 e. The van der Waals surface area contributed by atoms with Crippen molar-refractivity contribution in [1.82, 2.24) is 10.2 Å². The maximum Gasteiger partial charge on any atom is 0.410 e. The summed E-state index contributed by atoms with van der Waals surface area (Å²) in [6, 6.07) is 2.15. The lowest BCUT2D eigenvalue weighted by atomic mass is 10.1. The maximum atomic E-state index is 12.2. The van der Waals surface area contributed by atoms with E-state index in [1.807, 2.05) is 27.7 Å². The van der Waals surface area contributed by atoms with Gasteiger partial charge in [-0.25, -0.2) is 4.79 Å². The number of hydrogen-bond donors (Lipinski definition) is 1. The third kappa shape index (κ3) is 6.32. The summed E-state index contributed by atoms with van der Waals surface area (Å²) in [6.07, 6.45) is 0.992. The first kappa shape index (κ1) is 19.7. The number of rotatable bonds is 6. The fraction of sp³-hybridized carbons (Fsp3) is 0.667. The third-order valence-corrected chi connectivity index (χ3v) is 4.92. The number of nitrogens with zero attached hydrogens (tertiary/aromatic N) is 1. The summed E-state index contributed by atoms with van der Waals surface area (Å²) in [5.74, 6) is -0.173. The first-order valence-corrected chi connectivity index (χ1v) is 9.55. The highest BCUT2D eigenvalue weighted by Gasteiger charge is 2.26. The van der Waals surface area contributed by atoms with Gasteiger partial charge in [-0.05, 0) is 45.7 Å². The molecule has 0 aliphatic carbocycles. The van der Waals surface area contributed by atoms with E-state index in [1.165, 1.54) is 15.3 Å². The molecule has 0 spiro atoms. The number of carbonyl (C=O) groups excluding carboxylic acids is 2. The molecule has 0 bridgehead atoms. The Hall–Kier alpha value is -1.60. The first-order valence-electron chi connectivity index (χ1n) is 8.73. The summed E-state index contributed by atoms with van der Waals surface area (Å²) in [7, 11) is 0. The van der Waals surface area contributed by atoms with E-state index in [1.54, 1.807) is 16.2 Å². The molecule has 0 saturated heterocycles. The fourth-order valence-corrected chi connectivity index (χ4v) is 3.74. The van der Waals surface area contributed by atoms with Crippen molar-refractivity contribution in [2.24, 2.45) is 0 Å². The molecule has 1 amide bonds. The van der Waals surface area contributed by atoms with Gasteiger partial charge in [-0.2, -0.15) is 0 Å². The van der Waals surface area contributed by atoms with Crippen LogP contribution < -0.4 is 5.32 Å². The smallest absolute Gasteiger partial charge is 0.410 e. The van der Waals surface area contributed by atoms with E-state index in [-0.39, 0.29) is 12.1 Å². The minimum absolute atomic E-state index is 0.173. The first-order chi connectivity index (χ1) is 11.8. The molecular weight excluding hydrogens is 340 g/mol. The molecule has 2 heterocycles. The van der Waals surface area contributed by atoms with E-state index < -0.39 is 5.60 Å². The molecule has 0 aromatic carbocycles. The Bertz CT molecular complexity index is 607. The molecule has 1 aliphatic rings. The van der Waals surface area contributed by atoms with Crippen molar-refractivity contribution in [1.29, 1.82) is 0 Å². The van der Waals surface area contributed by atoms with Gasteiger partial charge in [0.15, 0.2) is 0 Å². The average Bonchev–Trinajstić information content (AvgIpc) is 2.92. The summed E-state index contributed by atoms with van der Waals surface area (Å²) < 4.78 is 10.4. The second-order valence-electron chi connectivity index (χ2n) is 7.04. The van der Waals surface area contributed by atoms with Gasteiger partial charge < -0.3 is 19.7 Å². The van der Waals surface area contributed by atoms with Crippen LogP contribution in [0.1, 0.15) is 49.4 Å². The summed E-state index contributed by atoms with van der Waals surface area (Å²) in [5, 5.41) is 3.27. The molecule has 1 aliphatic heterocycles. The Morgan fingerprint density at radius 2 is 2.12 bits per heavy atom. The molecule has 25 heavy (non-hydrogen) atoms. The second-order valence-corrected chi connectivity index (χ2v) is 8.27. The van der Waals surface area contributed by atoms with Crippen LogP contribution in [0.25, 0.3) is 0 Å². The molecule has 6 nitrogen and oxygen atoms in total. The van der Waals surface area contributed by atoms with Crippen LogP contribution in [0.15, 0.2) is 6.07 Å². The van der Waals surface area contributed by atoms with Crippen molar-refractivity contribution in [2.45, 2.75) is 59.2 Å². The van der Waals surface area contributed by atoms with Crippen molar-refractivity contribution < 1.29 is 19.1 Å². The van der Waals surface area contributed by atoms with Gasteiger partial charge >= 0.3 is 12.1 Å². The third-order valence-electron chi connectivity index (χ3n) is 3.68. The molecule has 0 fully saturated rings. The van der Waals surface area contributed by atoms with Gasteiger partial charge in [0.25, 0.3) is 0 Å². The minimum atomic E-state index is -0.472.